The Balaban J connectivity index is 1.76. The average molecular weight is 484 g/mol. The van der Waals surface area contributed by atoms with E-state index in [1.807, 2.05) is 80.6 Å². The minimum absolute atomic E-state index is 0.0518. The molecule has 0 aliphatic carbocycles. The first-order chi connectivity index (χ1) is 17.0. The molecule has 2 heterocycles. The maximum absolute atomic E-state index is 12.8. The lowest BCUT2D eigenvalue weighted by molar-refractivity contribution is 0.340. The van der Waals surface area contributed by atoms with Crippen LogP contribution >= 0.6 is 11.6 Å². The summed E-state index contributed by atoms with van der Waals surface area (Å²) in [5, 5.41) is 1.70. The second-order valence-electron chi connectivity index (χ2n) is 8.61. The van der Waals surface area contributed by atoms with Gasteiger partial charge in [-0.05, 0) is 65.6 Å². The Bertz CT molecular complexity index is 1570. The minimum Gasteiger partial charge on any atom is -0.494 e. The molecule has 0 aliphatic rings. The van der Waals surface area contributed by atoms with Gasteiger partial charge in [-0.15, -0.1) is 0 Å². The van der Waals surface area contributed by atoms with Gasteiger partial charge in [-0.25, -0.2) is 4.98 Å². The molecule has 0 radical (unpaired) electrons. The molecule has 2 aromatic heterocycles. The van der Waals surface area contributed by atoms with Crippen LogP contribution in [0.5, 0.6) is 5.75 Å². The summed E-state index contributed by atoms with van der Waals surface area (Å²) in [5.74, 6) is 0.730. The number of nitrogens with zero attached hydrogens (tertiary/aromatic N) is 3. The van der Waals surface area contributed by atoms with Crippen LogP contribution in [0, 0.1) is 0 Å². The van der Waals surface area contributed by atoms with Crippen LogP contribution in [0.15, 0.2) is 90.1 Å². The van der Waals surface area contributed by atoms with Crippen LogP contribution in [-0.4, -0.2) is 20.7 Å². The Morgan fingerprint density at radius 1 is 0.971 bits per heavy atom. The van der Waals surface area contributed by atoms with Crippen LogP contribution in [-0.2, 0) is 14.1 Å². The van der Waals surface area contributed by atoms with Gasteiger partial charge in [0.15, 0.2) is 0 Å². The number of imidazole rings is 1. The van der Waals surface area contributed by atoms with Crippen molar-refractivity contribution in [3.05, 3.63) is 118 Å². The van der Waals surface area contributed by atoms with E-state index < -0.39 is 0 Å². The van der Waals surface area contributed by atoms with Gasteiger partial charge < -0.3 is 13.9 Å². The van der Waals surface area contributed by atoms with Crippen molar-refractivity contribution in [3.63, 3.8) is 0 Å². The van der Waals surface area contributed by atoms with Crippen molar-refractivity contribution in [2.24, 2.45) is 14.1 Å². The van der Waals surface area contributed by atoms with Gasteiger partial charge in [-0.3, -0.25) is 4.79 Å². The van der Waals surface area contributed by atoms with Crippen molar-refractivity contribution in [3.8, 4) is 16.9 Å². The smallest absolute Gasteiger partial charge is 0.251 e. The summed E-state index contributed by atoms with van der Waals surface area (Å²) in [4.78, 5) is 17.2. The molecule has 35 heavy (non-hydrogen) atoms. The van der Waals surface area contributed by atoms with Crippen molar-refractivity contribution in [1.82, 2.24) is 14.1 Å². The van der Waals surface area contributed by atoms with Gasteiger partial charge in [-0.1, -0.05) is 41.9 Å². The zero-order valence-corrected chi connectivity index (χ0v) is 20.7. The zero-order valence-electron chi connectivity index (χ0n) is 19.9. The Labute approximate surface area is 209 Å². The zero-order chi connectivity index (χ0) is 24.5. The van der Waals surface area contributed by atoms with Crippen LogP contribution in [0.4, 0.5) is 0 Å². The van der Waals surface area contributed by atoms with E-state index in [4.69, 9.17) is 16.3 Å². The van der Waals surface area contributed by atoms with Crippen LogP contribution in [0.1, 0.15) is 29.7 Å². The second kappa shape index (κ2) is 9.43. The Morgan fingerprint density at radius 2 is 1.74 bits per heavy atom. The number of hydrogen-bond acceptors (Lipinski definition) is 3. The number of aromatic nitrogens is 3. The van der Waals surface area contributed by atoms with Gasteiger partial charge >= 0.3 is 0 Å². The number of pyridine rings is 1. The van der Waals surface area contributed by atoms with E-state index in [0.717, 1.165) is 44.6 Å². The summed E-state index contributed by atoms with van der Waals surface area (Å²) in [7, 11) is 3.81. The first-order valence-electron chi connectivity index (χ1n) is 11.5. The molecule has 0 N–H and O–H groups in total. The summed E-state index contributed by atoms with van der Waals surface area (Å²) in [6.45, 7) is 2.54. The SMILES string of the molecule is CCOc1cccc(-c2cc(=O)n(C)c3ccc(C(c4ccc(Cl)cc4)c4cncn4C)cc23)c1. The van der Waals surface area contributed by atoms with Crippen LogP contribution < -0.4 is 10.3 Å². The van der Waals surface area contributed by atoms with E-state index in [0.29, 0.717) is 11.6 Å². The van der Waals surface area contributed by atoms with Crippen molar-refractivity contribution in [2.45, 2.75) is 12.8 Å². The predicted molar refractivity (Wildman–Crippen MR) is 141 cm³/mol. The summed E-state index contributed by atoms with van der Waals surface area (Å²) in [6.07, 6.45) is 3.71. The predicted octanol–water partition coefficient (Wildman–Crippen LogP) is 6.17. The van der Waals surface area contributed by atoms with E-state index in [1.54, 1.807) is 10.6 Å². The van der Waals surface area contributed by atoms with Crippen LogP contribution in [0.2, 0.25) is 5.02 Å². The number of halogens is 1. The van der Waals surface area contributed by atoms with E-state index >= 15 is 0 Å². The lowest BCUT2D eigenvalue weighted by Crippen LogP contribution is -2.16. The van der Waals surface area contributed by atoms with Gasteiger partial charge in [0.25, 0.3) is 5.56 Å². The molecule has 3 aromatic carbocycles. The highest BCUT2D eigenvalue weighted by Gasteiger charge is 2.21. The van der Waals surface area contributed by atoms with Crippen molar-refractivity contribution in [2.75, 3.05) is 6.61 Å². The largest absolute Gasteiger partial charge is 0.494 e. The molecule has 0 saturated carbocycles. The van der Waals surface area contributed by atoms with Crippen LogP contribution in [0.25, 0.3) is 22.0 Å². The summed E-state index contributed by atoms with van der Waals surface area (Å²) in [6, 6.07) is 23.8. The highest BCUT2D eigenvalue weighted by atomic mass is 35.5. The molecule has 0 spiro atoms. The van der Waals surface area contributed by atoms with Crippen LogP contribution in [0.3, 0.4) is 0 Å². The third-order valence-electron chi connectivity index (χ3n) is 6.41. The van der Waals surface area contributed by atoms with Gasteiger partial charge in [0, 0.05) is 42.5 Å². The van der Waals surface area contributed by atoms with E-state index in [-0.39, 0.29) is 11.5 Å². The highest BCUT2D eigenvalue weighted by Crippen LogP contribution is 2.36. The number of rotatable bonds is 6. The summed E-state index contributed by atoms with van der Waals surface area (Å²) < 4.78 is 9.45. The van der Waals surface area contributed by atoms with Gasteiger partial charge in [0.2, 0.25) is 0 Å². The summed E-state index contributed by atoms with van der Waals surface area (Å²) in [5.41, 5.74) is 5.93. The fraction of sp³-hybridized carbons (Fsp3) is 0.172. The fourth-order valence-corrected chi connectivity index (χ4v) is 4.78. The Hall–Kier alpha value is -3.83. The number of hydrogen-bond donors (Lipinski definition) is 0. The molecule has 6 heteroatoms. The fourth-order valence-electron chi connectivity index (χ4n) is 4.65. The number of ether oxygens (including phenoxy) is 1. The summed E-state index contributed by atoms with van der Waals surface area (Å²) >= 11 is 6.19. The molecule has 1 unspecified atom stereocenters. The number of benzene rings is 3. The molecule has 0 amide bonds. The minimum atomic E-state index is -0.0528. The third-order valence-corrected chi connectivity index (χ3v) is 6.66. The third kappa shape index (κ3) is 4.35. The maximum Gasteiger partial charge on any atom is 0.251 e. The molecular formula is C29H26ClN3O2. The van der Waals surface area contributed by atoms with Crippen molar-refractivity contribution < 1.29 is 4.74 Å². The standard InChI is InChI=1S/C29H26ClN3O2/c1-4-35-23-7-5-6-20(14-23)24-16-28(34)33(3)26-13-10-21(15-25(24)26)29(27-17-31-18-32(27)2)19-8-11-22(30)12-9-19/h5-18,29H,4H2,1-3H3. The quantitative estimate of drug-likeness (QED) is 0.290. The molecule has 5 nitrogen and oxygen atoms in total. The van der Waals surface area contributed by atoms with E-state index in [2.05, 4.69) is 29.2 Å². The molecular weight excluding hydrogens is 458 g/mol. The van der Waals surface area contributed by atoms with Crippen molar-refractivity contribution in [1.29, 1.82) is 0 Å². The molecule has 1 atom stereocenters. The van der Waals surface area contributed by atoms with E-state index in [1.165, 1.54) is 0 Å². The molecule has 0 saturated heterocycles. The van der Waals surface area contributed by atoms with Crippen molar-refractivity contribution >= 4 is 22.5 Å². The molecule has 176 valence electrons. The Morgan fingerprint density at radius 3 is 2.46 bits per heavy atom. The van der Waals surface area contributed by atoms with Gasteiger partial charge in [0.05, 0.1) is 24.4 Å². The van der Waals surface area contributed by atoms with Gasteiger partial charge in [-0.2, -0.15) is 0 Å². The molecule has 5 aromatic rings. The molecule has 0 fully saturated rings. The van der Waals surface area contributed by atoms with Gasteiger partial charge in [0.1, 0.15) is 5.75 Å². The number of aryl methyl sites for hydroxylation is 2. The highest BCUT2D eigenvalue weighted by molar-refractivity contribution is 6.30. The normalized spacial score (nSPS) is 12.1. The molecule has 5 rings (SSSR count). The topological polar surface area (TPSA) is 49.1 Å². The Kier molecular flexibility index (Phi) is 6.18. The number of fused-ring (bicyclic) bond motifs is 1. The maximum atomic E-state index is 12.8. The first-order valence-corrected chi connectivity index (χ1v) is 11.9. The molecule has 0 bridgehead atoms. The lowest BCUT2D eigenvalue weighted by Gasteiger charge is -2.21. The first kappa shape index (κ1) is 22.9. The lowest BCUT2D eigenvalue weighted by atomic mass is 9.87. The average Bonchev–Trinajstić information content (AvgIpc) is 3.28. The second-order valence-corrected chi connectivity index (χ2v) is 9.04. The molecule has 0 aliphatic heterocycles. The van der Waals surface area contributed by atoms with E-state index in [9.17, 15) is 4.79 Å². The monoisotopic (exact) mass is 483 g/mol.